The van der Waals surface area contributed by atoms with E-state index in [2.05, 4.69) is 16.0 Å². The van der Waals surface area contributed by atoms with Gasteiger partial charge in [-0.2, -0.15) is 0 Å². The van der Waals surface area contributed by atoms with Gasteiger partial charge in [-0.1, -0.05) is 25.1 Å². The third-order valence-electron chi connectivity index (χ3n) is 4.33. The molecule has 7 nitrogen and oxygen atoms in total. The third kappa shape index (κ3) is 7.75. The number of para-hydroxylation sites is 1. The van der Waals surface area contributed by atoms with Crippen molar-refractivity contribution in [3.63, 3.8) is 0 Å². The number of carbonyl (C=O) groups is 3. The first-order valence-corrected chi connectivity index (χ1v) is 9.74. The van der Waals surface area contributed by atoms with E-state index in [1.165, 1.54) is 6.92 Å². The number of carbonyl (C=O) groups excluding carboxylic acids is 3. The number of benzene rings is 2. The number of hydrogen-bond donors (Lipinski definition) is 4. The van der Waals surface area contributed by atoms with Crippen molar-refractivity contribution in [2.75, 3.05) is 35.6 Å². The first-order chi connectivity index (χ1) is 13.9. The minimum atomic E-state index is -0.163. The lowest BCUT2D eigenvalue weighted by atomic mass is 10.2. The molecule has 1 atom stereocenters. The summed E-state index contributed by atoms with van der Waals surface area (Å²) in [5, 5.41) is 8.44. The van der Waals surface area contributed by atoms with E-state index >= 15 is 0 Å². The van der Waals surface area contributed by atoms with Crippen LogP contribution >= 0.6 is 0 Å². The van der Waals surface area contributed by atoms with Crippen LogP contribution in [-0.2, 0) is 14.4 Å². The minimum Gasteiger partial charge on any atom is -0.326 e. The van der Waals surface area contributed by atoms with Gasteiger partial charge in [0.05, 0.1) is 6.54 Å². The van der Waals surface area contributed by atoms with Crippen LogP contribution in [0.15, 0.2) is 48.5 Å². The molecular formula is C22H29N4O3+. The predicted octanol–water partition coefficient (Wildman–Crippen LogP) is 1.83. The first kappa shape index (κ1) is 22.1. The second-order valence-electron chi connectivity index (χ2n) is 7.02. The Kier molecular flexibility index (Phi) is 8.36. The first-order valence-electron chi connectivity index (χ1n) is 9.74. The quantitative estimate of drug-likeness (QED) is 0.520. The largest absolute Gasteiger partial charge is 0.326 e. The van der Waals surface area contributed by atoms with Crippen LogP contribution in [0, 0.1) is 6.92 Å². The summed E-state index contributed by atoms with van der Waals surface area (Å²) in [6.07, 6.45) is 0.867. The molecule has 0 saturated carbocycles. The zero-order chi connectivity index (χ0) is 21.2. The Balaban J connectivity index is 1.90. The number of anilines is 3. The summed E-state index contributed by atoms with van der Waals surface area (Å²) in [5.74, 6) is -0.427. The lowest BCUT2D eigenvalue weighted by Crippen LogP contribution is -3.14. The molecule has 2 rings (SSSR count). The summed E-state index contributed by atoms with van der Waals surface area (Å²) in [5.41, 5.74) is 3.10. The van der Waals surface area contributed by atoms with Crippen LogP contribution in [0.2, 0.25) is 0 Å². The molecule has 0 bridgehead atoms. The molecule has 0 aliphatic heterocycles. The number of hydrogen-bond acceptors (Lipinski definition) is 3. The lowest BCUT2D eigenvalue weighted by Gasteiger charge is -2.18. The summed E-state index contributed by atoms with van der Waals surface area (Å²) in [6.45, 7) is 6.54. The highest BCUT2D eigenvalue weighted by Crippen LogP contribution is 2.13. The van der Waals surface area contributed by atoms with E-state index in [-0.39, 0.29) is 30.8 Å². The molecule has 1 unspecified atom stereocenters. The molecule has 0 saturated heterocycles. The Morgan fingerprint density at radius 1 is 0.828 bits per heavy atom. The Morgan fingerprint density at radius 3 is 1.93 bits per heavy atom. The van der Waals surface area contributed by atoms with Crippen LogP contribution in [0.5, 0.6) is 0 Å². The maximum absolute atomic E-state index is 12.4. The zero-order valence-corrected chi connectivity index (χ0v) is 17.2. The highest BCUT2D eigenvalue weighted by atomic mass is 16.2. The van der Waals surface area contributed by atoms with E-state index in [9.17, 15) is 14.4 Å². The molecule has 2 aromatic carbocycles. The molecule has 0 aliphatic carbocycles. The minimum absolute atomic E-state index is 0.116. The Bertz CT molecular complexity index is 849. The second-order valence-corrected chi connectivity index (χ2v) is 7.02. The van der Waals surface area contributed by atoms with Crippen LogP contribution in [0.1, 0.15) is 25.8 Å². The summed E-state index contributed by atoms with van der Waals surface area (Å²) < 4.78 is 0. The highest BCUT2D eigenvalue weighted by Gasteiger charge is 2.18. The summed E-state index contributed by atoms with van der Waals surface area (Å²) in [7, 11) is 0. The average Bonchev–Trinajstić information content (AvgIpc) is 2.65. The van der Waals surface area contributed by atoms with Gasteiger partial charge < -0.3 is 20.9 Å². The van der Waals surface area contributed by atoms with Gasteiger partial charge in [-0.25, -0.2) is 0 Å². The van der Waals surface area contributed by atoms with Gasteiger partial charge in [0.1, 0.15) is 0 Å². The smallest absolute Gasteiger partial charge is 0.279 e. The van der Waals surface area contributed by atoms with Crippen molar-refractivity contribution in [1.82, 2.24) is 0 Å². The van der Waals surface area contributed by atoms with Crippen molar-refractivity contribution in [3.05, 3.63) is 54.1 Å². The van der Waals surface area contributed by atoms with Crippen LogP contribution in [-0.4, -0.2) is 37.4 Å². The number of rotatable bonds is 9. The topological polar surface area (TPSA) is 91.7 Å². The monoisotopic (exact) mass is 397 g/mol. The molecule has 0 heterocycles. The van der Waals surface area contributed by atoms with Gasteiger partial charge >= 0.3 is 0 Å². The molecule has 0 fully saturated rings. The van der Waals surface area contributed by atoms with Crippen LogP contribution in [0.3, 0.4) is 0 Å². The number of quaternary nitrogens is 1. The van der Waals surface area contributed by atoms with E-state index in [1.807, 2.05) is 38.1 Å². The van der Waals surface area contributed by atoms with Gasteiger partial charge in [-0.15, -0.1) is 0 Å². The van der Waals surface area contributed by atoms with Gasteiger partial charge in [0.25, 0.3) is 11.8 Å². The van der Waals surface area contributed by atoms with Crippen molar-refractivity contribution < 1.29 is 19.3 Å². The van der Waals surface area contributed by atoms with E-state index in [0.29, 0.717) is 11.4 Å². The second kappa shape index (κ2) is 11.0. The average molecular weight is 397 g/mol. The maximum Gasteiger partial charge on any atom is 0.279 e. The van der Waals surface area contributed by atoms with Gasteiger partial charge in [0, 0.05) is 24.0 Å². The SMILES string of the molecule is CCC[NH+](CC(=O)Nc1ccc(NC(C)=O)cc1)CC(=O)Nc1ccccc1C. The molecular weight excluding hydrogens is 368 g/mol. The van der Waals surface area contributed by atoms with E-state index in [1.54, 1.807) is 24.3 Å². The van der Waals surface area contributed by atoms with Gasteiger partial charge in [-0.05, 0) is 49.2 Å². The molecule has 3 amide bonds. The molecule has 29 heavy (non-hydrogen) atoms. The molecule has 0 aliphatic rings. The van der Waals surface area contributed by atoms with E-state index in [0.717, 1.165) is 29.1 Å². The lowest BCUT2D eigenvalue weighted by molar-refractivity contribution is -0.883. The van der Waals surface area contributed by atoms with E-state index < -0.39 is 0 Å². The number of amides is 3. The van der Waals surface area contributed by atoms with Crippen molar-refractivity contribution in [2.24, 2.45) is 0 Å². The summed E-state index contributed by atoms with van der Waals surface area (Å²) in [6, 6.07) is 14.5. The Hall–Kier alpha value is -3.19. The molecule has 0 aromatic heterocycles. The zero-order valence-electron chi connectivity index (χ0n) is 17.2. The van der Waals surface area contributed by atoms with Crippen LogP contribution < -0.4 is 20.9 Å². The normalized spacial score (nSPS) is 11.4. The molecule has 7 heteroatoms. The van der Waals surface area contributed by atoms with Crippen molar-refractivity contribution in [2.45, 2.75) is 27.2 Å². The third-order valence-corrected chi connectivity index (χ3v) is 4.33. The fourth-order valence-corrected chi connectivity index (χ4v) is 3.00. The number of aryl methyl sites for hydroxylation is 1. The highest BCUT2D eigenvalue weighted by molar-refractivity contribution is 5.94. The van der Waals surface area contributed by atoms with Gasteiger partial charge in [0.15, 0.2) is 13.1 Å². The predicted molar refractivity (Wildman–Crippen MR) is 115 cm³/mol. The Labute approximate surface area is 171 Å². The molecule has 0 radical (unpaired) electrons. The van der Waals surface area contributed by atoms with Crippen molar-refractivity contribution in [3.8, 4) is 0 Å². The fraction of sp³-hybridized carbons (Fsp3) is 0.318. The molecule has 154 valence electrons. The van der Waals surface area contributed by atoms with Crippen LogP contribution in [0.25, 0.3) is 0 Å². The standard InChI is InChI=1S/C22H28N4O3/c1-4-13-26(15-22(29)25-20-8-6-5-7-16(20)2)14-21(28)24-19-11-9-18(10-12-19)23-17(3)27/h5-12H,4,13-15H2,1-3H3,(H,23,27)(H,24,28)(H,25,29)/p+1. The molecule has 0 spiro atoms. The van der Waals surface area contributed by atoms with E-state index in [4.69, 9.17) is 0 Å². The van der Waals surface area contributed by atoms with Crippen LogP contribution in [0.4, 0.5) is 17.1 Å². The van der Waals surface area contributed by atoms with Crippen molar-refractivity contribution in [1.29, 1.82) is 0 Å². The van der Waals surface area contributed by atoms with Crippen molar-refractivity contribution >= 4 is 34.8 Å². The van der Waals surface area contributed by atoms with Gasteiger partial charge in [0.2, 0.25) is 5.91 Å². The Morgan fingerprint density at radius 2 is 1.38 bits per heavy atom. The maximum atomic E-state index is 12.4. The summed E-state index contributed by atoms with van der Waals surface area (Å²) in [4.78, 5) is 36.8. The number of nitrogens with one attached hydrogen (secondary N) is 4. The molecule has 4 N–H and O–H groups in total. The molecule has 2 aromatic rings. The fourth-order valence-electron chi connectivity index (χ4n) is 3.00. The summed E-state index contributed by atoms with van der Waals surface area (Å²) >= 11 is 0. The van der Waals surface area contributed by atoms with Gasteiger partial charge in [-0.3, -0.25) is 14.4 Å².